The molecule has 4 heterocycles. The van der Waals surface area contributed by atoms with E-state index in [4.69, 9.17) is 23.4 Å². The number of hydrogen-bond donors (Lipinski definition) is 5. The summed E-state index contributed by atoms with van der Waals surface area (Å²) in [6.45, 7) is 18.0. The molecule has 3 unspecified atom stereocenters. The maximum Gasteiger partial charge on any atom is 0.335 e. The van der Waals surface area contributed by atoms with Crippen LogP contribution in [0.25, 0.3) is 0 Å². The lowest BCUT2D eigenvalue weighted by Gasteiger charge is -2.51. The normalized spacial score (nSPS) is 39.6. The molecule has 4 fully saturated rings. The minimum absolute atomic E-state index is 0.153. The van der Waals surface area contributed by atoms with Gasteiger partial charge in [-0.15, -0.1) is 0 Å². The molecule has 6 N–H and O–H groups in total. The van der Waals surface area contributed by atoms with Gasteiger partial charge in [0.2, 0.25) is 5.91 Å². The van der Waals surface area contributed by atoms with E-state index in [1.165, 1.54) is 0 Å². The number of nitrogens with one attached hydrogen (secondary N) is 3. The summed E-state index contributed by atoms with van der Waals surface area (Å²) in [7, 11) is -5.57. The van der Waals surface area contributed by atoms with Gasteiger partial charge in [0.1, 0.15) is 36.9 Å². The maximum atomic E-state index is 12.4. The van der Waals surface area contributed by atoms with E-state index in [9.17, 15) is 9.90 Å². The standard InChI is InChI=1S/C22H45N5O6Si2/c1-11(2)34(12(3)4)30-9-15-18(32-35(33-34,13(5)6)14(7)8)17(28)21(31-15)27-10-24-16-19(27)25-22(23)26-20(16)29/h11-19,21-22,24-25,28H,9-10,23H2,1-8H3,(H,26,29)/t15-,16?,17-,18-,19?,21-,22?/m1/s1. The van der Waals surface area contributed by atoms with Crippen LogP contribution in [0.5, 0.6) is 0 Å². The van der Waals surface area contributed by atoms with Gasteiger partial charge in [0.05, 0.1) is 19.4 Å². The fourth-order valence-electron chi connectivity index (χ4n) is 6.16. The smallest absolute Gasteiger partial charge is 0.335 e. The summed E-state index contributed by atoms with van der Waals surface area (Å²) in [5, 5.41) is 20.7. The van der Waals surface area contributed by atoms with Crippen LogP contribution >= 0.6 is 0 Å². The number of amides is 1. The molecule has 4 saturated heterocycles. The van der Waals surface area contributed by atoms with Gasteiger partial charge in [-0.05, 0) is 22.2 Å². The van der Waals surface area contributed by atoms with Gasteiger partial charge in [0.15, 0.2) is 0 Å². The summed E-state index contributed by atoms with van der Waals surface area (Å²) < 4.78 is 27.4. The predicted molar refractivity (Wildman–Crippen MR) is 135 cm³/mol. The first-order valence-corrected chi connectivity index (χ1v) is 16.9. The molecule has 11 nitrogen and oxygen atoms in total. The van der Waals surface area contributed by atoms with Crippen LogP contribution in [0.2, 0.25) is 22.2 Å². The lowest BCUT2D eigenvalue weighted by molar-refractivity contribution is -0.133. The Morgan fingerprint density at radius 2 is 1.63 bits per heavy atom. The predicted octanol–water partition coefficient (Wildman–Crippen LogP) is 0.548. The number of carbonyl (C=O) groups is 1. The summed E-state index contributed by atoms with van der Waals surface area (Å²) in [5.74, 6) is -0.175. The van der Waals surface area contributed by atoms with Gasteiger partial charge >= 0.3 is 17.1 Å². The van der Waals surface area contributed by atoms with Crippen LogP contribution in [0.3, 0.4) is 0 Å². The lowest BCUT2D eigenvalue weighted by Crippen LogP contribution is -2.71. The van der Waals surface area contributed by atoms with Gasteiger partial charge in [-0.1, -0.05) is 55.4 Å². The van der Waals surface area contributed by atoms with Gasteiger partial charge in [-0.25, -0.2) is 4.90 Å². The molecule has 7 atom stereocenters. The molecule has 0 aliphatic carbocycles. The van der Waals surface area contributed by atoms with E-state index in [0.29, 0.717) is 13.3 Å². The van der Waals surface area contributed by atoms with Crippen LogP contribution in [0, 0.1) is 0 Å². The molecule has 0 aromatic heterocycles. The van der Waals surface area contributed by atoms with Crippen LogP contribution in [-0.2, 0) is 22.5 Å². The molecule has 0 spiro atoms. The first-order chi connectivity index (χ1) is 16.3. The van der Waals surface area contributed by atoms with Crippen LogP contribution in [0.4, 0.5) is 0 Å². The Morgan fingerprint density at radius 3 is 2.20 bits per heavy atom. The number of carbonyl (C=O) groups excluding carboxylic acids is 1. The Balaban J connectivity index is 1.67. The number of hydrogen-bond acceptors (Lipinski definition) is 10. The molecule has 13 heteroatoms. The summed E-state index contributed by atoms with van der Waals surface area (Å²) in [6, 6.07) is -0.485. The van der Waals surface area contributed by atoms with E-state index >= 15 is 0 Å². The van der Waals surface area contributed by atoms with Gasteiger partial charge in [-0.3, -0.25) is 21.2 Å². The number of ether oxygens (including phenoxy) is 1. The zero-order valence-corrected chi connectivity index (χ0v) is 24.3. The second-order valence-corrected chi connectivity index (χ2v) is 20.4. The molecule has 0 aromatic carbocycles. The molecule has 0 bridgehead atoms. The summed E-state index contributed by atoms with van der Waals surface area (Å²) >= 11 is 0. The fourth-order valence-corrected chi connectivity index (χ4v) is 17.4. The first kappa shape index (κ1) is 27.6. The minimum atomic E-state index is -2.87. The van der Waals surface area contributed by atoms with E-state index in [-0.39, 0.29) is 28.1 Å². The van der Waals surface area contributed by atoms with Crippen molar-refractivity contribution in [2.75, 3.05) is 13.3 Å². The average Bonchev–Trinajstić information content (AvgIpc) is 3.28. The quantitative estimate of drug-likeness (QED) is 0.320. The molecule has 1 amide bonds. The minimum Gasteiger partial charge on any atom is -0.414 e. The van der Waals surface area contributed by atoms with E-state index in [1.54, 1.807) is 0 Å². The Kier molecular flexibility index (Phi) is 7.89. The van der Waals surface area contributed by atoms with Gasteiger partial charge < -0.3 is 28.1 Å². The van der Waals surface area contributed by atoms with Gasteiger partial charge in [-0.2, -0.15) is 0 Å². The SMILES string of the molecule is CC(C)[Si]1(C(C)C)OC[C@H]2O[C@@H](N3CNC4C(=O)NC(N)NC43)[C@H](O)[C@@H]2O[Si](C(C)C)(C(C)C)O1. The molecule has 0 aromatic rings. The highest BCUT2D eigenvalue weighted by Crippen LogP contribution is 2.47. The molecule has 0 saturated carbocycles. The monoisotopic (exact) mass is 531 g/mol. The van der Waals surface area contributed by atoms with Gasteiger partial charge in [0, 0.05) is 0 Å². The second-order valence-electron chi connectivity index (χ2n) is 11.6. The molecule has 4 aliphatic heterocycles. The highest BCUT2D eigenvalue weighted by atomic mass is 28.5. The topological polar surface area (TPSA) is 140 Å². The van der Waals surface area contributed by atoms with Crippen molar-refractivity contribution in [1.29, 1.82) is 0 Å². The molecule has 0 radical (unpaired) electrons. The van der Waals surface area contributed by atoms with Crippen molar-refractivity contribution in [1.82, 2.24) is 20.9 Å². The third-order valence-corrected chi connectivity index (χ3v) is 18.3. The third-order valence-electron chi connectivity index (χ3n) is 8.07. The molecule has 4 aliphatic rings. The third kappa shape index (κ3) is 4.56. The van der Waals surface area contributed by atoms with Crippen molar-refractivity contribution in [3.8, 4) is 0 Å². The summed E-state index contributed by atoms with van der Waals surface area (Å²) in [4.78, 5) is 14.4. The highest BCUT2D eigenvalue weighted by molar-refractivity contribution is 6.83. The zero-order valence-electron chi connectivity index (χ0n) is 22.3. The van der Waals surface area contributed by atoms with E-state index < -0.39 is 60.2 Å². The number of aliphatic hydroxyl groups is 1. The van der Waals surface area contributed by atoms with E-state index in [1.807, 2.05) is 4.90 Å². The van der Waals surface area contributed by atoms with Crippen LogP contribution in [0.15, 0.2) is 0 Å². The zero-order chi connectivity index (χ0) is 25.9. The first-order valence-electron chi connectivity index (χ1n) is 13.0. The number of rotatable bonds is 5. The molecular weight excluding hydrogens is 486 g/mol. The summed E-state index contributed by atoms with van der Waals surface area (Å²) in [6.07, 6.45) is -3.73. The largest absolute Gasteiger partial charge is 0.414 e. The van der Waals surface area contributed by atoms with Crippen LogP contribution in [0.1, 0.15) is 55.4 Å². The number of nitrogens with zero attached hydrogens (tertiary/aromatic N) is 1. The van der Waals surface area contributed by atoms with Crippen molar-refractivity contribution in [3.63, 3.8) is 0 Å². The van der Waals surface area contributed by atoms with E-state index in [2.05, 4.69) is 71.3 Å². The van der Waals surface area contributed by atoms with E-state index in [0.717, 1.165) is 0 Å². The van der Waals surface area contributed by atoms with Gasteiger partial charge in [0.25, 0.3) is 0 Å². The Bertz CT molecular complexity index is 773. The molecular formula is C22H45N5O6Si2. The Labute approximate surface area is 211 Å². The Morgan fingerprint density at radius 1 is 1.03 bits per heavy atom. The molecule has 35 heavy (non-hydrogen) atoms. The van der Waals surface area contributed by atoms with Crippen LogP contribution < -0.4 is 21.7 Å². The second kappa shape index (κ2) is 10.0. The van der Waals surface area contributed by atoms with Crippen molar-refractivity contribution in [2.24, 2.45) is 5.73 Å². The van der Waals surface area contributed by atoms with Crippen molar-refractivity contribution in [3.05, 3.63) is 0 Å². The average molecular weight is 532 g/mol. The number of aliphatic hydroxyl groups excluding tert-OH is 1. The van der Waals surface area contributed by atoms with Crippen molar-refractivity contribution in [2.45, 2.75) is 121 Å². The maximum absolute atomic E-state index is 12.4. The summed E-state index contributed by atoms with van der Waals surface area (Å²) in [5.41, 5.74) is 6.73. The molecule has 202 valence electrons. The van der Waals surface area contributed by atoms with Crippen molar-refractivity contribution >= 4 is 23.0 Å². The molecule has 4 rings (SSSR count). The fraction of sp³-hybridized carbons (Fsp3) is 0.955. The number of fused-ring (bicyclic) bond motifs is 2. The Hall–Kier alpha value is -0.456. The highest BCUT2D eigenvalue weighted by Gasteiger charge is 2.62. The van der Waals surface area contributed by atoms with Crippen molar-refractivity contribution < 1.29 is 27.6 Å². The van der Waals surface area contributed by atoms with Crippen LogP contribution in [-0.4, -0.2) is 89.3 Å². The lowest BCUT2D eigenvalue weighted by atomic mass is 10.1. The number of nitrogens with two attached hydrogens (primary N) is 1.